The standard InChI is InChI=1S/C10H18N2O5/c11-5-3-1-2-4-8(13)12(6-9(14)15)7-10(16)17/h1-7,11H2,(H,14,15)(H,16,17). The van der Waals surface area contributed by atoms with Crippen molar-refractivity contribution in [2.24, 2.45) is 5.73 Å². The van der Waals surface area contributed by atoms with Crippen molar-refractivity contribution in [1.29, 1.82) is 0 Å². The Bertz CT molecular complexity index is 264. The number of rotatable bonds is 9. The predicted molar refractivity (Wildman–Crippen MR) is 59.4 cm³/mol. The second-order valence-electron chi connectivity index (χ2n) is 3.64. The minimum absolute atomic E-state index is 0.153. The molecule has 0 atom stereocenters. The van der Waals surface area contributed by atoms with E-state index in [1.54, 1.807) is 0 Å². The summed E-state index contributed by atoms with van der Waals surface area (Å²) in [5, 5.41) is 17.1. The molecule has 0 saturated carbocycles. The van der Waals surface area contributed by atoms with Crippen LogP contribution in [0.5, 0.6) is 0 Å². The second-order valence-corrected chi connectivity index (χ2v) is 3.64. The Balaban J connectivity index is 4.12. The van der Waals surface area contributed by atoms with Gasteiger partial charge < -0.3 is 20.8 Å². The van der Waals surface area contributed by atoms with Crippen molar-refractivity contribution in [2.45, 2.75) is 25.7 Å². The number of nitrogens with two attached hydrogens (primary N) is 1. The van der Waals surface area contributed by atoms with E-state index in [0.29, 0.717) is 13.0 Å². The van der Waals surface area contributed by atoms with Crippen LogP contribution in [0.4, 0.5) is 0 Å². The molecule has 7 heteroatoms. The third-order valence-corrected chi connectivity index (χ3v) is 2.10. The van der Waals surface area contributed by atoms with Gasteiger partial charge in [0, 0.05) is 6.42 Å². The minimum atomic E-state index is -1.22. The van der Waals surface area contributed by atoms with Crippen molar-refractivity contribution in [1.82, 2.24) is 4.90 Å². The fraction of sp³-hybridized carbons (Fsp3) is 0.700. The maximum atomic E-state index is 11.5. The van der Waals surface area contributed by atoms with Crippen LogP contribution in [0, 0.1) is 0 Å². The summed E-state index contributed by atoms with van der Waals surface area (Å²) >= 11 is 0. The van der Waals surface area contributed by atoms with Crippen LogP contribution in [0.25, 0.3) is 0 Å². The monoisotopic (exact) mass is 246 g/mol. The molecule has 0 aliphatic rings. The number of carboxylic acid groups (broad SMARTS) is 2. The Morgan fingerprint density at radius 3 is 1.88 bits per heavy atom. The molecule has 7 nitrogen and oxygen atoms in total. The van der Waals surface area contributed by atoms with Crippen LogP contribution in [0.3, 0.4) is 0 Å². The van der Waals surface area contributed by atoms with Crippen molar-refractivity contribution >= 4 is 17.8 Å². The lowest BCUT2D eigenvalue weighted by molar-refractivity contribution is -0.149. The molecule has 0 rings (SSSR count). The first kappa shape index (κ1) is 15.4. The van der Waals surface area contributed by atoms with Gasteiger partial charge in [-0.05, 0) is 19.4 Å². The fourth-order valence-corrected chi connectivity index (χ4v) is 1.31. The highest BCUT2D eigenvalue weighted by Crippen LogP contribution is 2.03. The van der Waals surface area contributed by atoms with E-state index < -0.39 is 30.9 Å². The minimum Gasteiger partial charge on any atom is -0.480 e. The molecule has 0 saturated heterocycles. The van der Waals surface area contributed by atoms with Crippen LogP contribution in [-0.4, -0.2) is 52.6 Å². The van der Waals surface area contributed by atoms with Crippen LogP contribution in [0.2, 0.25) is 0 Å². The second kappa shape index (κ2) is 8.51. The summed E-state index contributed by atoms with van der Waals surface area (Å²) in [5.74, 6) is -2.89. The summed E-state index contributed by atoms with van der Waals surface area (Å²) in [7, 11) is 0. The molecule has 98 valence electrons. The molecule has 0 bridgehead atoms. The van der Waals surface area contributed by atoms with Crippen LogP contribution >= 0.6 is 0 Å². The Labute approximate surface area is 99.2 Å². The summed E-state index contributed by atoms with van der Waals surface area (Å²) in [5.41, 5.74) is 5.29. The number of aliphatic carboxylic acids is 2. The number of hydrogen-bond acceptors (Lipinski definition) is 4. The van der Waals surface area contributed by atoms with E-state index in [1.807, 2.05) is 0 Å². The molecule has 0 aromatic carbocycles. The Morgan fingerprint density at radius 1 is 0.941 bits per heavy atom. The van der Waals surface area contributed by atoms with Crippen molar-refractivity contribution in [2.75, 3.05) is 19.6 Å². The maximum Gasteiger partial charge on any atom is 0.323 e. The Hall–Kier alpha value is -1.63. The third kappa shape index (κ3) is 8.21. The molecule has 0 unspecified atom stereocenters. The lowest BCUT2D eigenvalue weighted by Gasteiger charge is -2.18. The first-order chi connectivity index (χ1) is 7.97. The van der Waals surface area contributed by atoms with Gasteiger partial charge in [0.05, 0.1) is 0 Å². The molecule has 0 radical (unpaired) electrons. The van der Waals surface area contributed by atoms with E-state index in [2.05, 4.69) is 0 Å². The SMILES string of the molecule is NCCCCCC(=O)N(CC(=O)O)CC(=O)O. The zero-order valence-electron chi connectivity index (χ0n) is 9.59. The highest BCUT2D eigenvalue weighted by Gasteiger charge is 2.18. The molecule has 17 heavy (non-hydrogen) atoms. The number of amides is 1. The van der Waals surface area contributed by atoms with Crippen LogP contribution in [0.15, 0.2) is 0 Å². The van der Waals surface area contributed by atoms with Gasteiger partial charge in [0.25, 0.3) is 0 Å². The topological polar surface area (TPSA) is 121 Å². The fourth-order valence-electron chi connectivity index (χ4n) is 1.31. The smallest absolute Gasteiger partial charge is 0.323 e. The number of hydrogen-bond donors (Lipinski definition) is 3. The zero-order valence-corrected chi connectivity index (χ0v) is 9.59. The molecule has 0 aliphatic carbocycles. The molecule has 0 aromatic heterocycles. The highest BCUT2D eigenvalue weighted by molar-refractivity contribution is 5.85. The van der Waals surface area contributed by atoms with Gasteiger partial charge in [0.15, 0.2) is 0 Å². The van der Waals surface area contributed by atoms with Crippen molar-refractivity contribution < 1.29 is 24.6 Å². The zero-order chi connectivity index (χ0) is 13.3. The average molecular weight is 246 g/mol. The quantitative estimate of drug-likeness (QED) is 0.472. The number of nitrogens with zero attached hydrogens (tertiary/aromatic N) is 1. The molecule has 0 aromatic rings. The van der Waals surface area contributed by atoms with E-state index >= 15 is 0 Å². The van der Waals surface area contributed by atoms with Gasteiger partial charge >= 0.3 is 11.9 Å². The summed E-state index contributed by atoms with van der Waals surface area (Å²) in [6.07, 6.45) is 2.31. The maximum absolute atomic E-state index is 11.5. The third-order valence-electron chi connectivity index (χ3n) is 2.10. The van der Waals surface area contributed by atoms with E-state index in [4.69, 9.17) is 15.9 Å². The summed E-state index contributed by atoms with van der Waals surface area (Å²) < 4.78 is 0. The predicted octanol–water partition coefficient (Wildman–Crippen LogP) is -0.497. The van der Waals surface area contributed by atoms with Gasteiger partial charge in [-0.15, -0.1) is 0 Å². The number of unbranched alkanes of at least 4 members (excludes halogenated alkanes) is 2. The highest BCUT2D eigenvalue weighted by atomic mass is 16.4. The lowest BCUT2D eigenvalue weighted by atomic mass is 10.2. The van der Waals surface area contributed by atoms with E-state index in [9.17, 15) is 14.4 Å². The van der Waals surface area contributed by atoms with E-state index in [1.165, 1.54) is 0 Å². The Morgan fingerprint density at radius 2 is 1.47 bits per heavy atom. The number of carboxylic acids is 2. The summed E-state index contributed by atoms with van der Waals surface area (Å²) in [6, 6.07) is 0. The van der Waals surface area contributed by atoms with Crippen LogP contribution < -0.4 is 5.73 Å². The van der Waals surface area contributed by atoms with E-state index in [-0.39, 0.29) is 6.42 Å². The van der Waals surface area contributed by atoms with Crippen molar-refractivity contribution in [3.63, 3.8) is 0 Å². The van der Waals surface area contributed by atoms with Crippen molar-refractivity contribution in [3.8, 4) is 0 Å². The first-order valence-electron chi connectivity index (χ1n) is 5.38. The van der Waals surface area contributed by atoms with Gasteiger partial charge in [-0.3, -0.25) is 14.4 Å². The average Bonchev–Trinajstić information content (AvgIpc) is 2.22. The van der Waals surface area contributed by atoms with Gasteiger partial charge in [0.1, 0.15) is 13.1 Å². The molecule has 1 amide bonds. The molecule has 0 spiro atoms. The summed E-state index contributed by atoms with van der Waals surface area (Å²) in [4.78, 5) is 33.3. The van der Waals surface area contributed by atoms with Gasteiger partial charge in [-0.2, -0.15) is 0 Å². The van der Waals surface area contributed by atoms with Gasteiger partial charge in [-0.25, -0.2) is 0 Å². The Kier molecular flexibility index (Phi) is 7.70. The molecule has 4 N–H and O–H groups in total. The normalized spacial score (nSPS) is 9.94. The van der Waals surface area contributed by atoms with Gasteiger partial charge in [0.2, 0.25) is 5.91 Å². The number of carbonyl (C=O) groups excluding carboxylic acids is 1. The molecule has 0 fully saturated rings. The van der Waals surface area contributed by atoms with Gasteiger partial charge in [-0.1, -0.05) is 6.42 Å². The largest absolute Gasteiger partial charge is 0.480 e. The van der Waals surface area contributed by atoms with Crippen LogP contribution in [-0.2, 0) is 14.4 Å². The molecular formula is C10H18N2O5. The summed E-state index contributed by atoms with van der Waals surface area (Å²) in [6.45, 7) is -0.619. The lowest BCUT2D eigenvalue weighted by Crippen LogP contribution is -2.39. The first-order valence-corrected chi connectivity index (χ1v) is 5.38. The van der Waals surface area contributed by atoms with Crippen LogP contribution in [0.1, 0.15) is 25.7 Å². The van der Waals surface area contributed by atoms with E-state index in [0.717, 1.165) is 17.7 Å². The number of carbonyl (C=O) groups is 3. The molecular weight excluding hydrogens is 228 g/mol. The molecule has 0 heterocycles. The molecule has 0 aliphatic heterocycles. The van der Waals surface area contributed by atoms with Crippen molar-refractivity contribution in [3.05, 3.63) is 0 Å².